The molecule has 1 unspecified atom stereocenters. The van der Waals surface area contributed by atoms with Crippen molar-refractivity contribution in [3.63, 3.8) is 0 Å². The fourth-order valence-corrected chi connectivity index (χ4v) is 0. The Labute approximate surface area is 37.7 Å². The molecule has 1 atom stereocenters. The second-order valence-corrected chi connectivity index (χ2v) is 0. The summed E-state index contributed by atoms with van der Waals surface area (Å²) in [6.45, 7) is 0. The molecule has 0 saturated carbocycles. The Morgan fingerprint density at radius 1 is 0.400 bits per heavy atom. The van der Waals surface area contributed by atoms with Gasteiger partial charge in [0.05, 0.1) is 0 Å². The summed E-state index contributed by atoms with van der Waals surface area (Å²) in [5, 5.41) is 0. The predicted octanol–water partition coefficient (Wildman–Crippen LogP) is -0.574. The molecule has 0 radical (unpaired) electrons. The van der Waals surface area contributed by atoms with Gasteiger partial charge in [-0.25, -0.2) is 0 Å². The van der Waals surface area contributed by atoms with Crippen LogP contribution in [0.15, 0.2) is 0 Å². The van der Waals surface area contributed by atoms with E-state index in [1.807, 2.05) is 0 Å². The van der Waals surface area contributed by atoms with Crippen LogP contribution in [0.5, 0.6) is 0 Å². The Bertz CT molecular complexity index is 3.61. The fraction of sp³-hybridized carbons (Fsp3) is 0. The van der Waals surface area contributed by atoms with E-state index < -0.39 is 0 Å². The average molecular weight is 158 g/mol. The molecule has 0 bridgehead atoms. The normalized spacial score (nSPS) is 0. The van der Waals surface area contributed by atoms with Crippen molar-refractivity contribution in [2.75, 3.05) is 0 Å². The van der Waals surface area contributed by atoms with Gasteiger partial charge in [0.1, 0.15) is 0 Å². The monoisotopic (exact) mass is 158 g/mol. The standard InChI is InChI=1S/AsH3.4FH/h1H3;4*1H. The molecule has 0 spiro atoms. The molecule has 0 fully saturated rings. The van der Waals surface area contributed by atoms with Crippen molar-refractivity contribution in [3.8, 4) is 0 Å². The summed E-state index contributed by atoms with van der Waals surface area (Å²) in [6.07, 6.45) is 0. The Hall–Kier alpha value is 0.278. The van der Waals surface area contributed by atoms with Gasteiger partial charge in [0.15, 0.2) is 0 Å². The van der Waals surface area contributed by atoms with Crippen molar-refractivity contribution in [2.24, 2.45) is 0 Å². The van der Waals surface area contributed by atoms with Crippen molar-refractivity contribution < 1.29 is 18.8 Å². The van der Waals surface area contributed by atoms with Crippen LogP contribution < -0.4 is 0 Å². The van der Waals surface area contributed by atoms with Crippen molar-refractivity contribution in [2.45, 2.75) is 0 Å². The van der Waals surface area contributed by atoms with Crippen molar-refractivity contribution >= 4 is 18.0 Å². The fourth-order valence-electron chi connectivity index (χ4n) is 0. The summed E-state index contributed by atoms with van der Waals surface area (Å²) in [6, 6.07) is 0. The molecule has 0 amide bonds. The van der Waals surface area contributed by atoms with Crippen LogP contribution in [0.1, 0.15) is 0 Å². The molecule has 0 aromatic rings. The molecular weight excluding hydrogens is 151 g/mol. The molecule has 5 heavy (non-hydrogen) atoms. The van der Waals surface area contributed by atoms with Crippen molar-refractivity contribution in [1.82, 2.24) is 0 Å². The van der Waals surface area contributed by atoms with Crippen molar-refractivity contribution in [3.05, 3.63) is 0 Å². The van der Waals surface area contributed by atoms with E-state index in [1.165, 1.54) is 0 Å². The molecule has 0 N–H and O–H groups in total. The van der Waals surface area contributed by atoms with Gasteiger partial charge in [-0.05, 0) is 0 Å². The minimum absolute atomic E-state index is 0. The van der Waals surface area contributed by atoms with E-state index in [0.717, 1.165) is 0 Å². The Kier molecular flexibility index (Phi) is 148000. The van der Waals surface area contributed by atoms with Gasteiger partial charge in [-0.2, -0.15) is 0 Å². The van der Waals surface area contributed by atoms with E-state index >= 15 is 0 Å². The van der Waals surface area contributed by atoms with E-state index in [4.69, 9.17) is 0 Å². The van der Waals surface area contributed by atoms with Crippen LogP contribution in [-0.4, -0.2) is 18.0 Å². The summed E-state index contributed by atoms with van der Waals surface area (Å²) in [5.41, 5.74) is 0. The third kappa shape index (κ3) is 286. The number of rotatable bonds is 0. The Balaban J connectivity index is 0. The maximum atomic E-state index is 0. The van der Waals surface area contributed by atoms with Crippen LogP contribution in [0, 0.1) is 0 Å². The van der Waals surface area contributed by atoms with E-state index in [-0.39, 0.29) is 36.8 Å². The quantitative estimate of drug-likeness (QED) is 0.327. The summed E-state index contributed by atoms with van der Waals surface area (Å²) in [7, 11) is 0. The molecular formula is H7AsF4. The summed E-state index contributed by atoms with van der Waals surface area (Å²) >= 11 is 0. The molecule has 0 saturated heterocycles. The van der Waals surface area contributed by atoms with E-state index in [0.29, 0.717) is 0 Å². The molecule has 0 rings (SSSR count). The van der Waals surface area contributed by atoms with Gasteiger partial charge in [0.2, 0.25) is 0 Å². The average Bonchev–Trinajstić information content (AvgIpc) is 0. The van der Waals surface area contributed by atoms with Gasteiger partial charge >= 0.3 is 18.0 Å². The van der Waals surface area contributed by atoms with E-state index in [1.54, 1.807) is 0 Å². The van der Waals surface area contributed by atoms with E-state index in [9.17, 15) is 0 Å². The Morgan fingerprint density at radius 2 is 0.400 bits per heavy atom. The van der Waals surface area contributed by atoms with Gasteiger partial charge in [-0.1, -0.05) is 0 Å². The summed E-state index contributed by atoms with van der Waals surface area (Å²) in [4.78, 5) is 0. The van der Waals surface area contributed by atoms with Crippen LogP contribution in [0.4, 0.5) is 18.8 Å². The van der Waals surface area contributed by atoms with Gasteiger partial charge in [-0.15, -0.1) is 0 Å². The molecule has 0 aromatic heterocycles. The van der Waals surface area contributed by atoms with Crippen LogP contribution in [0.25, 0.3) is 0 Å². The molecule has 0 aromatic carbocycles. The molecule has 0 aliphatic rings. The molecule has 0 aliphatic heterocycles. The van der Waals surface area contributed by atoms with Crippen LogP contribution in [0.2, 0.25) is 0 Å². The molecule has 40 valence electrons. The van der Waals surface area contributed by atoms with Gasteiger partial charge in [0, 0.05) is 0 Å². The second kappa shape index (κ2) is 593. The van der Waals surface area contributed by atoms with Crippen molar-refractivity contribution in [1.29, 1.82) is 0 Å². The summed E-state index contributed by atoms with van der Waals surface area (Å²) < 4.78 is 0. The van der Waals surface area contributed by atoms with Gasteiger partial charge in [0.25, 0.3) is 0 Å². The zero-order chi connectivity index (χ0) is 0. The zero-order valence-corrected chi connectivity index (χ0v) is 5.31. The zero-order valence-electron chi connectivity index (χ0n) is 2.34. The molecule has 0 aliphatic carbocycles. The first kappa shape index (κ1) is 1250. The molecule has 0 nitrogen and oxygen atoms in total. The third-order valence-corrected chi connectivity index (χ3v) is 0. The van der Waals surface area contributed by atoms with E-state index in [2.05, 4.69) is 0 Å². The van der Waals surface area contributed by atoms with Crippen LogP contribution in [0.3, 0.4) is 0 Å². The van der Waals surface area contributed by atoms with Crippen LogP contribution >= 0.6 is 0 Å². The topological polar surface area (TPSA) is 0 Å². The molecule has 0 heterocycles. The Morgan fingerprint density at radius 3 is 0.400 bits per heavy atom. The van der Waals surface area contributed by atoms with Crippen LogP contribution in [-0.2, 0) is 0 Å². The predicted molar refractivity (Wildman–Crippen MR) is 20.0 cm³/mol. The third-order valence-electron chi connectivity index (χ3n) is 0. The number of halogens is 4. The SMILES string of the molecule is F.F.F.F.[AsH3]. The first-order valence-electron chi connectivity index (χ1n) is 0. The first-order valence-corrected chi connectivity index (χ1v) is 0. The minimum atomic E-state index is 0. The van der Waals surface area contributed by atoms with Gasteiger partial charge in [-0.3, -0.25) is 18.8 Å². The molecule has 5 heteroatoms. The maximum absolute atomic E-state index is 0. The summed E-state index contributed by atoms with van der Waals surface area (Å²) in [5.74, 6) is 0. The number of hydrogen-bond donors (Lipinski definition) is 0. The number of hydrogen-bond acceptors (Lipinski definition) is 0. The first-order chi connectivity index (χ1) is 0. The van der Waals surface area contributed by atoms with Gasteiger partial charge < -0.3 is 0 Å². The second-order valence-electron chi connectivity index (χ2n) is 0.